The quantitative estimate of drug-likeness (QED) is 0.116. The van der Waals surface area contributed by atoms with Crippen molar-refractivity contribution in [2.45, 2.75) is 131 Å². The van der Waals surface area contributed by atoms with Crippen LogP contribution in [0.1, 0.15) is 39.0 Å². The van der Waals surface area contributed by atoms with Crippen molar-refractivity contribution in [3.63, 3.8) is 0 Å². The molecule has 6 unspecified atom stereocenters. The first-order valence-electron chi connectivity index (χ1n) is 15.7. The Kier molecular flexibility index (Phi) is 14.5. The SMILES string of the molecule is CC1OC(O[C@@H]2C(CN)CCC[C@H]2O[C@H]2O[C@H](CO)[C@H](O)[C@H](O[C@@H](CCC(F)(F)F)C(=O)N(C)C)[C@H]2NC(=O)C(F)(F)F)C(O)C(O)C1O. The Morgan fingerprint density at radius 2 is 1.59 bits per heavy atom. The van der Waals surface area contributed by atoms with Gasteiger partial charge in [0.05, 0.1) is 24.9 Å². The predicted molar refractivity (Wildman–Crippen MR) is 151 cm³/mol. The third-order valence-electron chi connectivity index (χ3n) is 8.74. The number of halogens is 6. The van der Waals surface area contributed by atoms with Gasteiger partial charge in [-0.2, -0.15) is 26.3 Å². The highest BCUT2D eigenvalue weighted by atomic mass is 19.4. The van der Waals surface area contributed by atoms with Crippen LogP contribution in [0, 0.1) is 5.92 Å². The lowest BCUT2D eigenvalue weighted by Gasteiger charge is -2.48. The first-order chi connectivity index (χ1) is 22.7. The molecular formula is C28H45F6N3O12. The Morgan fingerprint density at radius 1 is 0.939 bits per heavy atom. The van der Waals surface area contributed by atoms with Crippen LogP contribution in [0.4, 0.5) is 26.3 Å². The lowest BCUT2D eigenvalue weighted by atomic mass is 9.84. The number of nitrogens with zero attached hydrogens (tertiary/aromatic N) is 1. The van der Waals surface area contributed by atoms with Crippen molar-refractivity contribution < 1.29 is 85.1 Å². The Bertz CT molecular complexity index is 1090. The molecule has 8 N–H and O–H groups in total. The average molecular weight is 730 g/mol. The fourth-order valence-corrected chi connectivity index (χ4v) is 6.02. The summed E-state index contributed by atoms with van der Waals surface area (Å²) < 4.78 is 109. The number of aliphatic hydroxyl groups is 5. The van der Waals surface area contributed by atoms with Gasteiger partial charge in [0, 0.05) is 26.4 Å². The highest BCUT2D eigenvalue weighted by Gasteiger charge is 2.53. The molecule has 3 rings (SSSR count). The van der Waals surface area contributed by atoms with E-state index in [0.717, 1.165) is 4.90 Å². The second kappa shape index (κ2) is 17.1. The maximum absolute atomic E-state index is 13.5. The van der Waals surface area contributed by atoms with Gasteiger partial charge in [0.2, 0.25) is 0 Å². The Labute approximate surface area is 277 Å². The van der Waals surface area contributed by atoms with Gasteiger partial charge in [-0.05, 0) is 32.7 Å². The summed E-state index contributed by atoms with van der Waals surface area (Å²) in [6.45, 7) is 0.357. The summed E-state index contributed by atoms with van der Waals surface area (Å²) in [5.41, 5.74) is 5.95. The van der Waals surface area contributed by atoms with Gasteiger partial charge < -0.3 is 65.2 Å². The van der Waals surface area contributed by atoms with Gasteiger partial charge >= 0.3 is 18.3 Å². The zero-order valence-corrected chi connectivity index (χ0v) is 26.9. The molecule has 2 heterocycles. The highest BCUT2D eigenvalue weighted by Crippen LogP contribution is 2.36. The zero-order chi connectivity index (χ0) is 37.0. The molecule has 1 saturated carbocycles. The molecule has 2 aliphatic heterocycles. The summed E-state index contributed by atoms with van der Waals surface area (Å²) >= 11 is 0. The highest BCUT2D eigenvalue weighted by molar-refractivity contribution is 5.82. The average Bonchev–Trinajstić information content (AvgIpc) is 3.02. The van der Waals surface area contributed by atoms with Gasteiger partial charge in [0.15, 0.2) is 12.6 Å². The maximum Gasteiger partial charge on any atom is 0.471 e. The zero-order valence-electron chi connectivity index (χ0n) is 26.9. The van der Waals surface area contributed by atoms with Crippen molar-refractivity contribution in [2.75, 3.05) is 27.2 Å². The summed E-state index contributed by atoms with van der Waals surface area (Å²) in [7, 11) is 2.37. The molecule has 286 valence electrons. The van der Waals surface area contributed by atoms with Crippen molar-refractivity contribution in [1.82, 2.24) is 10.2 Å². The van der Waals surface area contributed by atoms with Crippen molar-refractivity contribution in [2.24, 2.45) is 11.7 Å². The number of ether oxygens (including phenoxy) is 5. The van der Waals surface area contributed by atoms with Crippen molar-refractivity contribution in [3.05, 3.63) is 0 Å². The molecule has 14 atom stereocenters. The standard InChI is InChI=1S/C28H45F6N3O12/c1-11-17(39)19(41)20(42)25(45-11)49-21-12(9-35)5-4-6-13(21)47-24-16(36-26(44)28(32,33)34)22(18(40)15(10-38)48-24)46-14(23(43)37(2)3)7-8-27(29,30)31/h11-22,24-25,38-42H,4-10,35H2,1-3H3,(H,36,44)/t11?,12?,13-,14+,15-,16-,17?,18+,19?,20?,21-,22-,24+,25?/m1/s1. The van der Waals surface area contributed by atoms with Gasteiger partial charge in [-0.25, -0.2) is 0 Å². The molecule has 3 aliphatic rings. The summed E-state index contributed by atoms with van der Waals surface area (Å²) in [6, 6.07) is -2.14. The molecule has 21 heteroatoms. The molecule has 0 radical (unpaired) electrons. The molecule has 15 nitrogen and oxygen atoms in total. The number of alkyl halides is 6. The predicted octanol–water partition coefficient (Wildman–Crippen LogP) is -1.35. The van der Waals surface area contributed by atoms with Gasteiger partial charge in [0.25, 0.3) is 5.91 Å². The van der Waals surface area contributed by atoms with Crippen LogP contribution in [0.3, 0.4) is 0 Å². The van der Waals surface area contributed by atoms with E-state index in [2.05, 4.69) is 0 Å². The number of rotatable bonds is 12. The molecule has 0 bridgehead atoms. The molecule has 1 aliphatic carbocycles. The van der Waals surface area contributed by atoms with E-state index in [9.17, 15) is 61.5 Å². The molecule has 3 fully saturated rings. The largest absolute Gasteiger partial charge is 0.471 e. The lowest BCUT2D eigenvalue weighted by molar-refractivity contribution is -0.337. The number of hydrogen-bond donors (Lipinski definition) is 7. The summed E-state index contributed by atoms with van der Waals surface area (Å²) in [6.07, 6.45) is -31.5. The van der Waals surface area contributed by atoms with Crippen LogP contribution in [0.15, 0.2) is 0 Å². The summed E-state index contributed by atoms with van der Waals surface area (Å²) in [5.74, 6) is -4.15. The van der Waals surface area contributed by atoms with Crippen LogP contribution in [0.25, 0.3) is 0 Å². The van der Waals surface area contributed by atoms with Crippen LogP contribution < -0.4 is 11.1 Å². The number of hydrogen-bond acceptors (Lipinski definition) is 13. The molecule has 0 aromatic rings. The van der Waals surface area contributed by atoms with Crippen molar-refractivity contribution in [1.29, 1.82) is 0 Å². The van der Waals surface area contributed by atoms with Crippen LogP contribution in [-0.2, 0) is 33.3 Å². The number of nitrogens with two attached hydrogens (primary N) is 1. The second-order valence-electron chi connectivity index (χ2n) is 12.6. The van der Waals surface area contributed by atoms with Gasteiger partial charge in [0.1, 0.15) is 48.8 Å². The van der Waals surface area contributed by atoms with Crippen LogP contribution >= 0.6 is 0 Å². The number of likely N-dealkylation sites (N-methyl/N-ethyl adjacent to an activating group) is 1. The van der Waals surface area contributed by atoms with E-state index in [-0.39, 0.29) is 13.0 Å². The molecule has 2 saturated heterocycles. The minimum absolute atomic E-state index is 0.0366. The minimum atomic E-state index is -5.51. The molecule has 2 amide bonds. The molecule has 49 heavy (non-hydrogen) atoms. The molecule has 0 aromatic carbocycles. The normalized spacial score (nSPS) is 38.1. The Balaban J connectivity index is 2.00. The van der Waals surface area contributed by atoms with E-state index >= 15 is 0 Å². The van der Waals surface area contributed by atoms with E-state index < -0.39 is 129 Å². The van der Waals surface area contributed by atoms with Crippen molar-refractivity contribution in [3.8, 4) is 0 Å². The Hall–Kier alpha value is -1.92. The summed E-state index contributed by atoms with van der Waals surface area (Å²) in [5, 5.41) is 53.5. The number of aliphatic hydroxyl groups excluding tert-OH is 5. The summed E-state index contributed by atoms with van der Waals surface area (Å²) in [4.78, 5) is 25.9. The van der Waals surface area contributed by atoms with Gasteiger partial charge in [-0.15, -0.1) is 0 Å². The number of carbonyl (C=O) groups excluding carboxylic acids is 2. The van der Waals surface area contributed by atoms with E-state index in [1.165, 1.54) is 21.0 Å². The van der Waals surface area contributed by atoms with Crippen LogP contribution in [0.5, 0.6) is 0 Å². The fourth-order valence-electron chi connectivity index (χ4n) is 6.02. The molecule has 0 spiro atoms. The second-order valence-corrected chi connectivity index (χ2v) is 12.6. The minimum Gasteiger partial charge on any atom is -0.394 e. The van der Waals surface area contributed by atoms with Crippen LogP contribution in [0.2, 0.25) is 0 Å². The number of amides is 2. The molecule has 0 aromatic heterocycles. The third kappa shape index (κ3) is 10.6. The van der Waals surface area contributed by atoms with Crippen LogP contribution in [-0.4, -0.2) is 162 Å². The maximum atomic E-state index is 13.5. The number of carbonyl (C=O) groups is 2. The first kappa shape index (κ1) is 41.5. The van der Waals surface area contributed by atoms with E-state index in [4.69, 9.17) is 29.4 Å². The number of nitrogens with one attached hydrogen (secondary N) is 1. The lowest BCUT2D eigenvalue weighted by Crippen LogP contribution is -2.68. The van der Waals surface area contributed by atoms with Gasteiger partial charge in [-0.3, -0.25) is 9.59 Å². The molecular weight excluding hydrogens is 684 g/mol. The van der Waals surface area contributed by atoms with Crippen molar-refractivity contribution >= 4 is 11.8 Å². The van der Waals surface area contributed by atoms with Gasteiger partial charge in [-0.1, -0.05) is 6.42 Å². The van der Waals surface area contributed by atoms with E-state index in [0.29, 0.717) is 12.8 Å². The monoisotopic (exact) mass is 729 g/mol. The van der Waals surface area contributed by atoms with E-state index in [1.807, 2.05) is 0 Å². The first-order valence-corrected chi connectivity index (χ1v) is 15.7. The smallest absolute Gasteiger partial charge is 0.394 e. The topological polar surface area (TPSA) is 223 Å². The Morgan fingerprint density at radius 3 is 2.14 bits per heavy atom. The van der Waals surface area contributed by atoms with E-state index in [1.54, 1.807) is 5.32 Å². The third-order valence-corrected chi connectivity index (χ3v) is 8.74. The fraction of sp³-hybridized carbons (Fsp3) is 0.929.